The lowest BCUT2D eigenvalue weighted by atomic mass is 9.97. The second-order valence-electron chi connectivity index (χ2n) is 3.48. The normalized spacial score (nSPS) is 24.6. The fourth-order valence-electron chi connectivity index (χ4n) is 1.66. The molecular formula is C11H12ClN3S. The van der Waals surface area contributed by atoms with Gasteiger partial charge in [0.05, 0.1) is 5.92 Å². The number of hydrogen-bond donors (Lipinski definition) is 0. The summed E-state index contributed by atoms with van der Waals surface area (Å²) in [7, 11) is 0. The molecule has 0 amide bonds. The molecule has 0 aromatic heterocycles. The molecule has 1 atom stereocenters. The largest absolute Gasteiger partial charge is 0.264 e. The second kappa shape index (κ2) is 5.51. The van der Waals surface area contributed by atoms with Gasteiger partial charge in [-0.3, -0.25) is 9.98 Å². The molecule has 0 aromatic carbocycles. The first-order valence-electron chi connectivity index (χ1n) is 5.12. The van der Waals surface area contributed by atoms with E-state index in [2.05, 4.69) is 26.8 Å². The molecule has 0 fully saturated rings. The maximum Gasteiger partial charge on any atom is 0.182 e. The lowest BCUT2D eigenvalue weighted by Crippen LogP contribution is -2.22. The molecule has 0 saturated heterocycles. The Balaban J connectivity index is 2.33. The fourth-order valence-corrected chi connectivity index (χ4v) is 2.38. The highest BCUT2D eigenvalue weighted by Crippen LogP contribution is 2.20. The molecule has 84 valence electrons. The first-order chi connectivity index (χ1) is 7.81. The predicted molar refractivity (Wildman–Crippen MR) is 71.9 cm³/mol. The van der Waals surface area contributed by atoms with Crippen LogP contribution in [0.15, 0.2) is 15.0 Å². The highest BCUT2D eigenvalue weighted by atomic mass is 35.5. The SMILES string of the molecule is CSC1=NCCC2C(Cl)=NCC#CCC2=N1. The van der Waals surface area contributed by atoms with Gasteiger partial charge >= 0.3 is 0 Å². The van der Waals surface area contributed by atoms with Crippen LogP contribution in [0.5, 0.6) is 0 Å². The molecule has 0 aliphatic carbocycles. The van der Waals surface area contributed by atoms with Crippen LogP contribution in [0.2, 0.25) is 0 Å². The van der Waals surface area contributed by atoms with Crippen LogP contribution in [0, 0.1) is 17.8 Å². The molecule has 0 bridgehead atoms. The standard InChI is InChI=1S/C11H12ClN3S/c1-16-11-14-7-5-8-9(15-11)4-2-3-6-13-10(8)12/h8H,4-7H2,1H3. The van der Waals surface area contributed by atoms with Gasteiger partial charge in [0, 0.05) is 18.7 Å². The summed E-state index contributed by atoms with van der Waals surface area (Å²) in [5.41, 5.74) is 1.01. The molecule has 3 nitrogen and oxygen atoms in total. The van der Waals surface area contributed by atoms with Crippen LogP contribution < -0.4 is 0 Å². The van der Waals surface area contributed by atoms with E-state index in [1.165, 1.54) is 0 Å². The summed E-state index contributed by atoms with van der Waals surface area (Å²) >= 11 is 7.73. The van der Waals surface area contributed by atoms with Crippen molar-refractivity contribution in [3.63, 3.8) is 0 Å². The molecule has 0 aromatic rings. The van der Waals surface area contributed by atoms with Crippen molar-refractivity contribution in [1.82, 2.24) is 0 Å². The van der Waals surface area contributed by atoms with Crippen molar-refractivity contribution in [1.29, 1.82) is 0 Å². The van der Waals surface area contributed by atoms with Gasteiger partial charge in [-0.15, -0.1) is 0 Å². The van der Waals surface area contributed by atoms with Gasteiger partial charge in [-0.2, -0.15) is 0 Å². The Bertz CT molecular complexity index is 428. The second-order valence-corrected chi connectivity index (χ2v) is 4.64. The van der Waals surface area contributed by atoms with Gasteiger partial charge < -0.3 is 0 Å². The Hall–Kier alpha value is -0.790. The molecule has 0 N–H and O–H groups in total. The van der Waals surface area contributed by atoms with Crippen LogP contribution in [0.3, 0.4) is 0 Å². The third-order valence-electron chi connectivity index (χ3n) is 2.48. The number of aliphatic imine (C=N–C) groups is 3. The van der Waals surface area contributed by atoms with Crippen LogP contribution >= 0.6 is 23.4 Å². The van der Waals surface area contributed by atoms with Crippen molar-refractivity contribution in [3.8, 4) is 11.8 Å². The number of hydrogen-bond acceptors (Lipinski definition) is 4. The lowest BCUT2D eigenvalue weighted by Gasteiger charge is -2.14. The van der Waals surface area contributed by atoms with E-state index in [0.717, 1.165) is 23.8 Å². The maximum atomic E-state index is 6.17. The zero-order valence-electron chi connectivity index (χ0n) is 9.03. The van der Waals surface area contributed by atoms with Crippen molar-refractivity contribution in [3.05, 3.63) is 0 Å². The Kier molecular flexibility index (Phi) is 4.03. The quantitative estimate of drug-likeness (QED) is 0.610. The number of halogens is 1. The fraction of sp³-hybridized carbons (Fsp3) is 0.545. The van der Waals surface area contributed by atoms with Crippen molar-refractivity contribution < 1.29 is 0 Å². The Morgan fingerprint density at radius 3 is 3.06 bits per heavy atom. The summed E-state index contributed by atoms with van der Waals surface area (Å²) in [5.74, 6) is 6.14. The number of fused-ring (bicyclic) bond motifs is 1. The first kappa shape index (κ1) is 11.7. The van der Waals surface area contributed by atoms with Crippen LogP contribution in [0.25, 0.3) is 0 Å². The average molecular weight is 254 g/mol. The van der Waals surface area contributed by atoms with E-state index in [1.54, 1.807) is 11.8 Å². The summed E-state index contributed by atoms with van der Waals surface area (Å²) < 4.78 is 0. The zero-order valence-corrected chi connectivity index (χ0v) is 10.6. The number of thioether (sulfide) groups is 1. The lowest BCUT2D eigenvalue weighted by molar-refractivity contribution is 0.792. The monoisotopic (exact) mass is 253 g/mol. The third-order valence-corrected chi connectivity index (χ3v) is 3.45. The van der Waals surface area contributed by atoms with Gasteiger partial charge in [0.2, 0.25) is 0 Å². The van der Waals surface area contributed by atoms with Crippen LogP contribution in [-0.4, -0.2) is 35.4 Å². The highest BCUT2D eigenvalue weighted by molar-refractivity contribution is 8.13. The minimum Gasteiger partial charge on any atom is -0.264 e. The molecule has 16 heavy (non-hydrogen) atoms. The molecule has 0 radical (unpaired) electrons. The van der Waals surface area contributed by atoms with Gasteiger partial charge in [0.25, 0.3) is 0 Å². The first-order valence-corrected chi connectivity index (χ1v) is 6.73. The molecule has 2 aliphatic rings. The Morgan fingerprint density at radius 2 is 2.25 bits per heavy atom. The van der Waals surface area contributed by atoms with E-state index >= 15 is 0 Å². The summed E-state index contributed by atoms with van der Waals surface area (Å²) in [6.45, 7) is 1.26. The van der Waals surface area contributed by atoms with Crippen molar-refractivity contribution in [2.75, 3.05) is 19.3 Å². The van der Waals surface area contributed by atoms with Gasteiger partial charge in [0.1, 0.15) is 11.7 Å². The summed E-state index contributed by atoms with van der Waals surface area (Å²) in [6, 6.07) is 0. The Morgan fingerprint density at radius 1 is 1.38 bits per heavy atom. The maximum absolute atomic E-state index is 6.17. The van der Waals surface area contributed by atoms with Gasteiger partial charge in [0.15, 0.2) is 5.17 Å². The van der Waals surface area contributed by atoms with E-state index in [1.807, 2.05) is 6.26 Å². The van der Waals surface area contributed by atoms with Crippen LogP contribution in [0.4, 0.5) is 0 Å². The number of rotatable bonds is 0. The molecule has 2 aliphatic heterocycles. The minimum atomic E-state index is 0.115. The van der Waals surface area contributed by atoms with E-state index in [4.69, 9.17) is 11.6 Å². The van der Waals surface area contributed by atoms with Crippen molar-refractivity contribution in [2.24, 2.45) is 20.9 Å². The molecule has 5 heteroatoms. The molecule has 0 saturated carbocycles. The van der Waals surface area contributed by atoms with Gasteiger partial charge in [-0.05, 0) is 12.7 Å². The summed E-state index contributed by atoms with van der Waals surface area (Å²) in [4.78, 5) is 13.2. The highest BCUT2D eigenvalue weighted by Gasteiger charge is 2.23. The number of amidine groups is 1. The van der Waals surface area contributed by atoms with Gasteiger partial charge in [-0.1, -0.05) is 35.2 Å². The molecule has 1 unspecified atom stereocenters. The molecule has 0 spiro atoms. The minimum absolute atomic E-state index is 0.115. The zero-order chi connectivity index (χ0) is 11.4. The van der Waals surface area contributed by atoms with Crippen molar-refractivity contribution in [2.45, 2.75) is 12.8 Å². The smallest absolute Gasteiger partial charge is 0.182 e. The van der Waals surface area contributed by atoms with Crippen molar-refractivity contribution >= 4 is 39.4 Å². The van der Waals surface area contributed by atoms with E-state index in [9.17, 15) is 0 Å². The average Bonchev–Trinajstić information content (AvgIpc) is 2.48. The topological polar surface area (TPSA) is 37.1 Å². The predicted octanol–water partition coefficient (Wildman–Crippen LogP) is 2.21. The van der Waals surface area contributed by atoms with Crippen LogP contribution in [0.1, 0.15) is 12.8 Å². The summed E-state index contributed by atoms with van der Waals surface area (Å²) in [5, 5.41) is 1.45. The molecule has 2 rings (SSSR count). The molecule has 2 heterocycles. The molecular weight excluding hydrogens is 242 g/mol. The Labute approximate surface area is 104 Å². The third kappa shape index (κ3) is 2.66. The van der Waals surface area contributed by atoms with E-state index < -0.39 is 0 Å². The number of nitrogens with zero attached hydrogens (tertiary/aromatic N) is 3. The summed E-state index contributed by atoms with van der Waals surface area (Å²) in [6.07, 6.45) is 3.54. The van der Waals surface area contributed by atoms with E-state index in [-0.39, 0.29) is 5.92 Å². The van der Waals surface area contributed by atoms with Crippen LogP contribution in [-0.2, 0) is 0 Å². The van der Waals surface area contributed by atoms with E-state index in [0.29, 0.717) is 18.1 Å². The van der Waals surface area contributed by atoms with Gasteiger partial charge in [-0.25, -0.2) is 4.99 Å².